The molecule has 0 unspecified atom stereocenters. The molecule has 1 N–H and O–H groups in total. The standard InChI is InChI=1S/C12H17N5/c1-10-4-3-5-11(8-10)6-7-13-9-12-14-16-17(2)15-12/h3-5,8,13H,6-7,9H2,1-2H3. The monoisotopic (exact) mass is 231 g/mol. The minimum atomic E-state index is 0.666. The highest BCUT2D eigenvalue weighted by Crippen LogP contribution is 2.03. The summed E-state index contributed by atoms with van der Waals surface area (Å²) in [5, 5.41) is 15.1. The van der Waals surface area contributed by atoms with Crippen molar-refractivity contribution in [3.8, 4) is 0 Å². The molecule has 0 saturated heterocycles. The maximum atomic E-state index is 4.10. The molecule has 0 aliphatic carbocycles. The highest BCUT2D eigenvalue weighted by molar-refractivity contribution is 5.22. The van der Waals surface area contributed by atoms with Crippen molar-refractivity contribution in [1.29, 1.82) is 0 Å². The maximum Gasteiger partial charge on any atom is 0.188 e. The zero-order chi connectivity index (χ0) is 12.1. The van der Waals surface area contributed by atoms with Gasteiger partial charge in [-0.15, -0.1) is 10.2 Å². The molecule has 0 atom stereocenters. The normalized spacial score (nSPS) is 10.7. The molecule has 0 radical (unpaired) electrons. The largest absolute Gasteiger partial charge is 0.309 e. The second kappa shape index (κ2) is 5.54. The first-order valence-corrected chi connectivity index (χ1v) is 5.73. The summed E-state index contributed by atoms with van der Waals surface area (Å²) in [6.45, 7) is 3.70. The summed E-state index contributed by atoms with van der Waals surface area (Å²) in [5.74, 6) is 0.733. The highest BCUT2D eigenvalue weighted by atomic mass is 15.6. The number of benzene rings is 1. The summed E-state index contributed by atoms with van der Waals surface area (Å²) in [6.07, 6.45) is 1.02. The van der Waals surface area contributed by atoms with Crippen LogP contribution in [0.2, 0.25) is 0 Å². The topological polar surface area (TPSA) is 55.6 Å². The Morgan fingerprint density at radius 2 is 2.24 bits per heavy atom. The van der Waals surface area contributed by atoms with Crippen LogP contribution in [0.4, 0.5) is 0 Å². The number of tetrazole rings is 1. The van der Waals surface area contributed by atoms with E-state index in [0.717, 1.165) is 18.8 Å². The molecule has 5 nitrogen and oxygen atoms in total. The van der Waals surface area contributed by atoms with Crippen LogP contribution in [0.3, 0.4) is 0 Å². The Morgan fingerprint density at radius 3 is 2.94 bits per heavy atom. The molecule has 17 heavy (non-hydrogen) atoms. The van der Waals surface area contributed by atoms with Crippen molar-refractivity contribution >= 4 is 0 Å². The molecular formula is C12H17N5. The van der Waals surface area contributed by atoms with E-state index in [1.54, 1.807) is 7.05 Å². The predicted octanol–water partition coefficient (Wildman–Crippen LogP) is 0.851. The third-order valence-corrected chi connectivity index (χ3v) is 2.51. The summed E-state index contributed by atoms with van der Waals surface area (Å²) in [5.41, 5.74) is 2.66. The third kappa shape index (κ3) is 3.64. The molecule has 1 heterocycles. The number of aromatic nitrogens is 4. The Balaban J connectivity index is 1.73. The minimum Gasteiger partial charge on any atom is -0.309 e. The Kier molecular flexibility index (Phi) is 3.82. The van der Waals surface area contributed by atoms with Crippen LogP contribution in [-0.2, 0) is 20.0 Å². The number of hydrogen-bond acceptors (Lipinski definition) is 4. The van der Waals surface area contributed by atoms with E-state index < -0.39 is 0 Å². The van der Waals surface area contributed by atoms with Crippen LogP contribution >= 0.6 is 0 Å². The van der Waals surface area contributed by atoms with Crippen LogP contribution in [0, 0.1) is 6.92 Å². The highest BCUT2D eigenvalue weighted by Gasteiger charge is 1.99. The van der Waals surface area contributed by atoms with E-state index >= 15 is 0 Å². The van der Waals surface area contributed by atoms with Crippen molar-refractivity contribution < 1.29 is 0 Å². The van der Waals surface area contributed by atoms with Crippen molar-refractivity contribution in [2.75, 3.05) is 6.54 Å². The first-order valence-electron chi connectivity index (χ1n) is 5.73. The van der Waals surface area contributed by atoms with Gasteiger partial charge in [-0.25, -0.2) is 0 Å². The zero-order valence-electron chi connectivity index (χ0n) is 10.2. The molecular weight excluding hydrogens is 214 g/mol. The third-order valence-electron chi connectivity index (χ3n) is 2.51. The van der Waals surface area contributed by atoms with Gasteiger partial charge in [-0.05, 0) is 30.7 Å². The summed E-state index contributed by atoms with van der Waals surface area (Å²) >= 11 is 0. The van der Waals surface area contributed by atoms with Crippen LogP contribution in [0.25, 0.3) is 0 Å². The summed E-state index contributed by atoms with van der Waals surface area (Å²) < 4.78 is 0. The van der Waals surface area contributed by atoms with Gasteiger partial charge in [0.25, 0.3) is 0 Å². The number of nitrogens with one attached hydrogen (secondary N) is 1. The van der Waals surface area contributed by atoms with Gasteiger partial charge in [-0.2, -0.15) is 4.80 Å². The Morgan fingerprint density at radius 1 is 1.35 bits per heavy atom. The smallest absolute Gasteiger partial charge is 0.188 e. The average molecular weight is 231 g/mol. The molecule has 0 aliphatic rings. The number of rotatable bonds is 5. The molecule has 2 aromatic rings. The van der Waals surface area contributed by atoms with E-state index in [1.807, 2.05) is 0 Å². The molecule has 90 valence electrons. The maximum absolute atomic E-state index is 4.10. The van der Waals surface area contributed by atoms with Gasteiger partial charge < -0.3 is 5.32 Å². The van der Waals surface area contributed by atoms with Crippen molar-refractivity contribution in [2.45, 2.75) is 19.9 Å². The molecule has 0 spiro atoms. The van der Waals surface area contributed by atoms with Crippen molar-refractivity contribution in [3.05, 3.63) is 41.2 Å². The molecule has 0 fully saturated rings. The van der Waals surface area contributed by atoms with Gasteiger partial charge >= 0.3 is 0 Å². The Hall–Kier alpha value is -1.75. The second-order valence-corrected chi connectivity index (χ2v) is 4.11. The van der Waals surface area contributed by atoms with E-state index in [4.69, 9.17) is 0 Å². The van der Waals surface area contributed by atoms with E-state index in [2.05, 4.69) is 51.9 Å². The fourth-order valence-electron chi connectivity index (χ4n) is 1.69. The van der Waals surface area contributed by atoms with Crippen LogP contribution < -0.4 is 5.32 Å². The second-order valence-electron chi connectivity index (χ2n) is 4.11. The van der Waals surface area contributed by atoms with E-state index in [9.17, 15) is 0 Å². The van der Waals surface area contributed by atoms with Crippen molar-refractivity contribution in [1.82, 2.24) is 25.5 Å². The summed E-state index contributed by atoms with van der Waals surface area (Å²) in [7, 11) is 1.77. The van der Waals surface area contributed by atoms with Gasteiger partial charge in [-0.3, -0.25) is 0 Å². The first kappa shape index (κ1) is 11.7. The molecule has 2 rings (SSSR count). The van der Waals surface area contributed by atoms with Gasteiger partial charge in [0.05, 0.1) is 13.6 Å². The fourth-order valence-corrected chi connectivity index (χ4v) is 1.69. The van der Waals surface area contributed by atoms with Crippen LogP contribution in [0.1, 0.15) is 17.0 Å². The molecule has 0 aliphatic heterocycles. The number of aryl methyl sites for hydroxylation is 2. The Bertz CT molecular complexity index is 477. The SMILES string of the molecule is Cc1cccc(CCNCc2nnn(C)n2)c1. The van der Waals surface area contributed by atoms with Crippen LogP contribution in [0.5, 0.6) is 0 Å². The lowest BCUT2D eigenvalue weighted by atomic mass is 10.1. The summed E-state index contributed by atoms with van der Waals surface area (Å²) in [4.78, 5) is 1.47. The quantitative estimate of drug-likeness (QED) is 0.775. The van der Waals surface area contributed by atoms with Crippen LogP contribution in [-0.4, -0.2) is 26.8 Å². The fraction of sp³-hybridized carbons (Fsp3) is 0.417. The number of hydrogen-bond donors (Lipinski definition) is 1. The van der Waals surface area contributed by atoms with Gasteiger partial charge in [0.2, 0.25) is 0 Å². The van der Waals surface area contributed by atoms with Crippen molar-refractivity contribution in [3.63, 3.8) is 0 Å². The molecule has 0 saturated carbocycles. The summed E-state index contributed by atoms with van der Waals surface area (Å²) in [6, 6.07) is 8.56. The molecule has 0 bridgehead atoms. The van der Waals surface area contributed by atoms with Gasteiger partial charge in [0.15, 0.2) is 5.82 Å². The average Bonchev–Trinajstić information content (AvgIpc) is 2.71. The molecule has 5 heteroatoms. The van der Waals surface area contributed by atoms with Gasteiger partial charge in [0.1, 0.15) is 0 Å². The van der Waals surface area contributed by atoms with Gasteiger partial charge in [0, 0.05) is 0 Å². The number of nitrogens with zero attached hydrogens (tertiary/aromatic N) is 4. The lowest BCUT2D eigenvalue weighted by Crippen LogP contribution is -2.17. The lowest BCUT2D eigenvalue weighted by Gasteiger charge is -2.03. The van der Waals surface area contributed by atoms with Crippen LogP contribution in [0.15, 0.2) is 24.3 Å². The minimum absolute atomic E-state index is 0.666. The van der Waals surface area contributed by atoms with Gasteiger partial charge in [-0.1, -0.05) is 29.8 Å². The van der Waals surface area contributed by atoms with Crippen molar-refractivity contribution in [2.24, 2.45) is 7.05 Å². The van der Waals surface area contributed by atoms with E-state index in [0.29, 0.717) is 6.54 Å². The van der Waals surface area contributed by atoms with E-state index in [1.165, 1.54) is 15.9 Å². The first-order chi connectivity index (χ1) is 8.24. The molecule has 0 amide bonds. The predicted molar refractivity (Wildman–Crippen MR) is 65.4 cm³/mol. The van der Waals surface area contributed by atoms with E-state index in [-0.39, 0.29) is 0 Å². The zero-order valence-corrected chi connectivity index (χ0v) is 10.2. The lowest BCUT2D eigenvalue weighted by molar-refractivity contribution is 0.619. The molecule has 1 aromatic heterocycles. The Labute approximate surface area is 101 Å². The molecule has 1 aromatic carbocycles.